The minimum absolute atomic E-state index is 0.306. The normalized spacial score (nSPS) is 35.2. The quantitative estimate of drug-likeness (QED) is 0.772. The first-order valence-corrected chi connectivity index (χ1v) is 6.29. The maximum absolute atomic E-state index is 5.98. The second-order valence-corrected chi connectivity index (χ2v) is 5.07. The molecule has 0 saturated heterocycles. The van der Waals surface area contributed by atoms with E-state index in [1.165, 1.54) is 25.7 Å². The van der Waals surface area contributed by atoms with Gasteiger partial charge >= 0.3 is 0 Å². The zero-order valence-corrected chi connectivity index (χ0v) is 10.00. The first kappa shape index (κ1) is 10.8. The Kier molecular flexibility index (Phi) is 2.89. The molecule has 1 aliphatic carbocycles. The molecule has 0 radical (unpaired) electrons. The molecule has 2 unspecified atom stereocenters. The summed E-state index contributed by atoms with van der Waals surface area (Å²) in [6.07, 6.45) is 6.42. The fourth-order valence-electron chi connectivity index (χ4n) is 3.17. The van der Waals surface area contributed by atoms with Gasteiger partial charge in [0, 0.05) is 6.54 Å². The van der Waals surface area contributed by atoms with E-state index in [0.29, 0.717) is 5.54 Å². The molecule has 0 amide bonds. The topological polar surface area (TPSA) is 41.6 Å². The molecule has 3 heteroatoms. The van der Waals surface area contributed by atoms with Gasteiger partial charge in [0.25, 0.3) is 0 Å². The molecule has 1 aliphatic heterocycles. The molecule has 2 atom stereocenters. The highest BCUT2D eigenvalue weighted by Crippen LogP contribution is 2.42. The third-order valence-corrected chi connectivity index (χ3v) is 4.10. The van der Waals surface area contributed by atoms with Gasteiger partial charge in [0.1, 0.15) is 0 Å². The fraction of sp³-hybridized carbons (Fsp3) is 0.917. The summed E-state index contributed by atoms with van der Waals surface area (Å²) in [6.45, 7) is 6.53. The third kappa shape index (κ3) is 1.72. The Hall–Kier alpha value is -0.730. The highest BCUT2D eigenvalue weighted by atomic mass is 15.4. The van der Waals surface area contributed by atoms with Gasteiger partial charge in [-0.25, -0.2) is 0 Å². The summed E-state index contributed by atoms with van der Waals surface area (Å²) in [7, 11) is 0. The molecule has 0 bridgehead atoms. The summed E-state index contributed by atoms with van der Waals surface area (Å²) in [4.78, 5) is 6.84. The van der Waals surface area contributed by atoms with Gasteiger partial charge < -0.3 is 10.6 Å². The molecule has 1 heterocycles. The molecular weight excluding hydrogens is 186 g/mol. The Morgan fingerprint density at radius 3 is 2.93 bits per heavy atom. The predicted molar refractivity (Wildman–Crippen MR) is 63.8 cm³/mol. The number of guanidine groups is 1. The Labute approximate surface area is 92.7 Å². The molecule has 86 valence electrons. The number of hydrogen-bond acceptors (Lipinski definition) is 3. The van der Waals surface area contributed by atoms with Crippen LogP contribution in [0.15, 0.2) is 4.99 Å². The Morgan fingerprint density at radius 2 is 2.33 bits per heavy atom. The van der Waals surface area contributed by atoms with E-state index in [-0.39, 0.29) is 0 Å². The van der Waals surface area contributed by atoms with Crippen molar-refractivity contribution in [1.29, 1.82) is 0 Å². The van der Waals surface area contributed by atoms with Crippen LogP contribution in [0.2, 0.25) is 0 Å². The first-order chi connectivity index (χ1) is 7.22. The van der Waals surface area contributed by atoms with E-state index in [9.17, 15) is 0 Å². The van der Waals surface area contributed by atoms with Crippen molar-refractivity contribution in [2.45, 2.75) is 51.5 Å². The molecule has 0 aromatic heterocycles. The van der Waals surface area contributed by atoms with Crippen LogP contribution in [0.25, 0.3) is 0 Å². The van der Waals surface area contributed by atoms with Crippen molar-refractivity contribution in [1.82, 2.24) is 4.90 Å². The van der Waals surface area contributed by atoms with Crippen LogP contribution >= 0.6 is 0 Å². The lowest BCUT2D eigenvalue weighted by molar-refractivity contribution is 0.199. The standard InChI is InChI=1S/C12H23N3/c1-3-7-15-11(13)14-9-12(15)6-5-10(4-2)8-12/h10H,3-9H2,1-2H3,(H2,13,14). The molecular formula is C12H23N3. The monoisotopic (exact) mass is 209 g/mol. The number of nitrogens with zero attached hydrogens (tertiary/aromatic N) is 2. The van der Waals surface area contributed by atoms with Crippen LogP contribution in [-0.2, 0) is 0 Å². The van der Waals surface area contributed by atoms with E-state index in [4.69, 9.17) is 5.73 Å². The second-order valence-electron chi connectivity index (χ2n) is 5.07. The highest BCUT2D eigenvalue weighted by Gasteiger charge is 2.46. The molecule has 0 aromatic carbocycles. The molecule has 1 saturated carbocycles. The van der Waals surface area contributed by atoms with Crippen LogP contribution in [0.4, 0.5) is 0 Å². The number of hydrogen-bond donors (Lipinski definition) is 1. The van der Waals surface area contributed by atoms with Gasteiger partial charge in [-0.2, -0.15) is 0 Å². The lowest BCUT2D eigenvalue weighted by atomic mass is 9.94. The van der Waals surface area contributed by atoms with Crippen molar-refractivity contribution >= 4 is 5.96 Å². The Morgan fingerprint density at radius 1 is 1.53 bits per heavy atom. The van der Waals surface area contributed by atoms with Crippen LogP contribution in [0.3, 0.4) is 0 Å². The largest absolute Gasteiger partial charge is 0.370 e. The van der Waals surface area contributed by atoms with Gasteiger partial charge in [-0.1, -0.05) is 20.3 Å². The van der Waals surface area contributed by atoms with E-state index in [2.05, 4.69) is 23.7 Å². The molecule has 2 rings (SSSR count). The van der Waals surface area contributed by atoms with Crippen molar-refractivity contribution in [3.8, 4) is 0 Å². The van der Waals surface area contributed by atoms with Crippen molar-refractivity contribution in [2.75, 3.05) is 13.1 Å². The van der Waals surface area contributed by atoms with E-state index >= 15 is 0 Å². The van der Waals surface area contributed by atoms with Crippen molar-refractivity contribution in [2.24, 2.45) is 16.6 Å². The van der Waals surface area contributed by atoms with Crippen molar-refractivity contribution in [3.63, 3.8) is 0 Å². The summed E-state index contributed by atoms with van der Waals surface area (Å²) >= 11 is 0. The average Bonchev–Trinajstić information content (AvgIpc) is 2.78. The average molecular weight is 209 g/mol. The van der Waals surface area contributed by atoms with Gasteiger partial charge in [0.2, 0.25) is 0 Å². The summed E-state index contributed by atoms with van der Waals surface area (Å²) in [5, 5.41) is 0. The molecule has 1 spiro atoms. The minimum atomic E-state index is 0.306. The van der Waals surface area contributed by atoms with E-state index in [0.717, 1.165) is 31.4 Å². The highest BCUT2D eigenvalue weighted by molar-refractivity contribution is 5.81. The summed E-state index contributed by atoms with van der Waals surface area (Å²) in [5.41, 5.74) is 6.29. The van der Waals surface area contributed by atoms with E-state index < -0.39 is 0 Å². The van der Waals surface area contributed by atoms with E-state index in [1.54, 1.807) is 0 Å². The number of aliphatic imine (C=N–C) groups is 1. The van der Waals surface area contributed by atoms with Gasteiger partial charge in [-0.3, -0.25) is 4.99 Å². The fourth-order valence-corrected chi connectivity index (χ4v) is 3.17. The number of nitrogens with two attached hydrogens (primary N) is 1. The lowest BCUT2D eigenvalue weighted by Gasteiger charge is -2.36. The molecule has 2 aliphatic rings. The van der Waals surface area contributed by atoms with Gasteiger partial charge in [-0.15, -0.1) is 0 Å². The Balaban J connectivity index is 2.09. The molecule has 0 aromatic rings. The first-order valence-electron chi connectivity index (χ1n) is 6.29. The van der Waals surface area contributed by atoms with Crippen LogP contribution in [-0.4, -0.2) is 29.5 Å². The van der Waals surface area contributed by atoms with Gasteiger partial charge in [-0.05, 0) is 31.6 Å². The summed E-state index contributed by atoms with van der Waals surface area (Å²) in [5.74, 6) is 1.68. The van der Waals surface area contributed by atoms with Crippen LogP contribution in [0.5, 0.6) is 0 Å². The maximum Gasteiger partial charge on any atom is 0.191 e. The third-order valence-electron chi connectivity index (χ3n) is 4.10. The van der Waals surface area contributed by atoms with Gasteiger partial charge in [0.05, 0.1) is 12.1 Å². The molecule has 2 N–H and O–H groups in total. The van der Waals surface area contributed by atoms with Crippen LogP contribution < -0.4 is 5.73 Å². The molecule has 3 nitrogen and oxygen atoms in total. The van der Waals surface area contributed by atoms with Crippen LogP contribution in [0.1, 0.15) is 46.0 Å². The maximum atomic E-state index is 5.98. The Bertz CT molecular complexity index is 262. The van der Waals surface area contributed by atoms with Crippen molar-refractivity contribution < 1.29 is 0 Å². The summed E-state index contributed by atoms with van der Waals surface area (Å²) < 4.78 is 0. The van der Waals surface area contributed by atoms with Crippen LogP contribution in [0, 0.1) is 5.92 Å². The minimum Gasteiger partial charge on any atom is -0.370 e. The zero-order valence-electron chi connectivity index (χ0n) is 10.00. The smallest absolute Gasteiger partial charge is 0.191 e. The SMILES string of the molecule is CCCN1C(N)=NCC12CCC(CC)C2. The predicted octanol–water partition coefficient (Wildman–Crippen LogP) is 1.98. The van der Waals surface area contributed by atoms with E-state index in [1.807, 2.05) is 0 Å². The summed E-state index contributed by atoms with van der Waals surface area (Å²) in [6, 6.07) is 0. The lowest BCUT2D eigenvalue weighted by Crippen LogP contribution is -2.50. The number of rotatable bonds is 3. The molecule has 1 fully saturated rings. The molecule has 15 heavy (non-hydrogen) atoms. The zero-order chi connectivity index (χ0) is 10.9. The van der Waals surface area contributed by atoms with Crippen molar-refractivity contribution in [3.05, 3.63) is 0 Å². The second kappa shape index (κ2) is 4.03. The van der Waals surface area contributed by atoms with Gasteiger partial charge in [0.15, 0.2) is 5.96 Å².